The van der Waals surface area contributed by atoms with Crippen molar-refractivity contribution in [3.8, 4) is 0 Å². The molecule has 0 aliphatic heterocycles. The second kappa shape index (κ2) is 5.11. The number of hydrogen-bond acceptors (Lipinski definition) is 2. The Hall–Kier alpha value is -0.670. The van der Waals surface area contributed by atoms with Crippen molar-refractivity contribution in [1.29, 1.82) is 5.41 Å². The van der Waals surface area contributed by atoms with Crippen molar-refractivity contribution in [3.05, 3.63) is 28.8 Å². The zero-order valence-corrected chi connectivity index (χ0v) is 10.6. The topological polar surface area (TPSA) is 49.9 Å². The first-order valence-corrected chi connectivity index (χ1v) is 6.73. The third kappa shape index (κ3) is 2.71. The van der Waals surface area contributed by atoms with Crippen LogP contribution >= 0.6 is 23.4 Å². The van der Waals surface area contributed by atoms with E-state index in [9.17, 15) is 0 Å². The number of rotatable bonds is 3. The van der Waals surface area contributed by atoms with Gasteiger partial charge in [0.2, 0.25) is 0 Å². The van der Waals surface area contributed by atoms with Crippen LogP contribution in [0, 0.1) is 5.41 Å². The molecule has 86 valence electrons. The van der Waals surface area contributed by atoms with Gasteiger partial charge in [0.15, 0.2) is 0 Å². The van der Waals surface area contributed by atoms with E-state index in [0.29, 0.717) is 15.8 Å². The van der Waals surface area contributed by atoms with Crippen molar-refractivity contribution in [2.45, 2.75) is 35.8 Å². The largest absolute Gasteiger partial charge is 0.384 e. The average molecular weight is 255 g/mol. The lowest BCUT2D eigenvalue weighted by Crippen LogP contribution is -2.10. The molecule has 1 aliphatic carbocycles. The van der Waals surface area contributed by atoms with E-state index in [1.807, 2.05) is 23.9 Å². The molecule has 0 amide bonds. The van der Waals surface area contributed by atoms with Crippen LogP contribution < -0.4 is 5.73 Å². The Morgan fingerprint density at radius 1 is 1.38 bits per heavy atom. The van der Waals surface area contributed by atoms with Crippen LogP contribution in [0.5, 0.6) is 0 Å². The molecule has 2 nitrogen and oxygen atoms in total. The summed E-state index contributed by atoms with van der Waals surface area (Å²) in [6.45, 7) is 0. The minimum absolute atomic E-state index is 0.0688. The van der Waals surface area contributed by atoms with Crippen LogP contribution in [0.15, 0.2) is 23.1 Å². The predicted molar refractivity (Wildman–Crippen MR) is 70.6 cm³/mol. The summed E-state index contributed by atoms with van der Waals surface area (Å²) >= 11 is 8.03. The summed E-state index contributed by atoms with van der Waals surface area (Å²) in [5, 5.41) is 8.76. The normalized spacial score (nSPS) is 16.6. The SMILES string of the molecule is N=C(N)c1ccc(SC2CCCC2)c(Cl)c1. The highest BCUT2D eigenvalue weighted by Crippen LogP contribution is 2.38. The summed E-state index contributed by atoms with van der Waals surface area (Å²) in [5.74, 6) is 0.0688. The van der Waals surface area contributed by atoms with Gasteiger partial charge in [0, 0.05) is 15.7 Å². The Labute approximate surface area is 105 Å². The molecule has 16 heavy (non-hydrogen) atoms. The molecule has 4 heteroatoms. The molecule has 0 unspecified atom stereocenters. The fourth-order valence-electron chi connectivity index (χ4n) is 1.95. The van der Waals surface area contributed by atoms with Crippen LogP contribution in [0.1, 0.15) is 31.2 Å². The number of nitrogens with one attached hydrogen (secondary N) is 1. The molecule has 0 spiro atoms. The highest BCUT2D eigenvalue weighted by molar-refractivity contribution is 8.00. The molecule has 1 saturated carbocycles. The van der Waals surface area contributed by atoms with E-state index < -0.39 is 0 Å². The number of nitrogen functional groups attached to an aromatic ring is 1. The van der Waals surface area contributed by atoms with E-state index in [4.69, 9.17) is 22.7 Å². The van der Waals surface area contributed by atoms with Crippen LogP contribution in [0.3, 0.4) is 0 Å². The van der Waals surface area contributed by atoms with Gasteiger partial charge >= 0.3 is 0 Å². The number of hydrogen-bond donors (Lipinski definition) is 2. The van der Waals surface area contributed by atoms with Gasteiger partial charge in [-0.3, -0.25) is 5.41 Å². The Balaban J connectivity index is 2.12. The molecule has 0 radical (unpaired) electrons. The molecule has 0 heterocycles. The van der Waals surface area contributed by atoms with E-state index in [1.54, 1.807) is 6.07 Å². The molecule has 0 atom stereocenters. The Bertz CT molecular complexity index is 400. The maximum absolute atomic E-state index is 7.34. The van der Waals surface area contributed by atoms with E-state index in [0.717, 1.165) is 4.90 Å². The minimum Gasteiger partial charge on any atom is -0.384 e. The average Bonchev–Trinajstić information content (AvgIpc) is 2.73. The molecule has 1 aliphatic rings. The third-order valence-electron chi connectivity index (χ3n) is 2.84. The molecule has 1 aromatic carbocycles. The smallest absolute Gasteiger partial charge is 0.122 e. The fourth-order valence-corrected chi connectivity index (χ4v) is 3.51. The van der Waals surface area contributed by atoms with Gasteiger partial charge in [-0.15, -0.1) is 11.8 Å². The Kier molecular flexibility index (Phi) is 3.77. The number of nitrogens with two attached hydrogens (primary N) is 1. The van der Waals surface area contributed by atoms with Crippen molar-refractivity contribution in [2.75, 3.05) is 0 Å². The number of thioether (sulfide) groups is 1. The first kappa shape index (κ1) is 11.8. The van der Waals surface area contributed by atoms with Gasteiger partial charge in [0.25, 0.3) is 0 Å². The summed E-state index contributed by atoms with van der Waals surface area (Å²) in [6.07, 6.45) is 5.24. The van der Waals surface area contributed by atoms with Crippen LogP contribution in [0.2, 0.25) is 5.02 Å². The van der Waals surface area contributed by atoms with Crippen molar-refractivity contribution in [1.82, 2.24) is 0 Å². The van der Waals surface area contributed by atoms with Gasteiger partial charge in [-0.2, -0.15) is 0 Å². The molecule has 0 saturated heterocycles. The van der Waals surface area contributed by atoms with E-state index >= 15 is 0 Å². The van der Waals surface area contributed by atoms with Gasteiger partial charge in [-0.05, 0) is 25.0 Å². The van der Waals surface area contributed by atoms with E-state index in [1.165, 1.54) is 25.7 Å². The number of benzene rings is 1. The van der Waals surface area contributed by atoms with Crippen molar-refractivity contribution >= 4 is 29.2 Å². The Morgan fingerprint density at radius 2 is 2.06 bits per heavy atom. The van der Waals surface area contributed by atoms with E-state index in [-0.39, 0.29) is 5.84 Å². The lowest BCUT2D eigenvalue weighted by atomic mass is 10.2. The fraction of sp³-hybridized carbons (Fsp3) is 0.417. The highest BCUT2D eigenvalue weighted by Gasteiger charge is 2.17. The van der Waals surface area contributed by atoms with Crippen molar-refractivity contribution in [3.63, 3.8) is 0 Å². The van der Waals surface area contributed by atoms with Crippen molar-refractivity contribution < 1.29 is 0 Å². The summed E-state index contributed by atoms with van der Waals surface area (Å²) in [5.41, 5.74) is 6.11. The first-order valence-electron chi connectivity index (χ1n) is 5.47. The number of halogens is 1. The zero-order chi connectivity index (χ0) is 11.5. The molecule has 0 aromatic heterocycles. The summed E-state index contributed by atoms with van der Waals surface area (Å²) in [6, 6.07) is 5.62. The molecule has 1 fully saturated rings. The van der Waals surface area contributed by atoms with Gasteiger partial charge < -0.3 is 5.73 Å². The zero-order valence-electron chi connectivity index (χ0n) is 9.00. The third-order valence-corrected chi connectivity index (χ3v) is 4.68. The predicted octanol–water partition coefficient (Wildman–Crippen LogP) is 3.66. The standard InChI is InChI=1S/C12H15ClN2S/c13-10-7-8(12(14)15)5-6-11(10)16-9-3-1-2-4-9/h5-7,9H,1-4H2,(H3,14,15). The minimum atomic E-state index is 0.0688. The molecular formula is C12H15ClN2S. The monoisotopic (exact) mass is 254 g/mol. The van der Waals surface area contributed by atoms with Crippen molar-refractivity contribution in [2.24, 2.45) is 5.73 Å². The van der Waals surface area contributed by atoms with Gasteiger partial charge in [-0.1, -0.05) is 30.5 Å². The lowest BCUT2D eigenvalue weighted by Gasteiger charge is -2.10. The maximum Gasteiger partial charge on any atom is 0.122 e. The van der Waals surface area contributed by atoms with Crippen LogP contribution in [0.4, 0.5) is 0 Å². The molecule has 1 aromatic rings. The van der Waals surface area contributed by atoms with Gasteiger partial charge in [-0.25, -0.2) is 0 Å². The van der Waals surface area contributed by atoms with E-state index in [2.05, 4.69) is 0 Å². The second-order valence-electron chi connectivity index (χ2n) is 4.08. The van der Waals surface area contributed by atoms with Crippen LogP contribution in [-0.2, 0) is 0 Å². The summed E-state index contributed by atoms with van der Waals surface area (Å²) in [4.78, 5) is 1.11. The second-order valence-corrected chi connectivity index (χ2v) is 5.83. The summed E-state index contributed by atoms with van der Waals surface area (Å²) < 4.78 is 0. The van der Waals surface area contributed by atoms with Crippen LogP contribution in [0.25, 0.3) is 0 Å². The summed E-state index contributed by atoms with van der Waals surface area (Å²) in [7, 11) is 0. The molecule has 0 bridgehead atoms. The first-order chi connectivity index (χ1) is 7.66. The van der Waals surface area contributed by atoms with Gasteiger partial charge in [0.1, 0.15) is 5.84 Å². The molecule has 3 N–H and O–H groups in total. The maximum atomic E-state index is 7.34. The number of amidine groups is 1. The van der Waals surface area contributed by atoms with Crippen LogP contribution in [-0.4, -0.2) is 11.1 Å². The molecule has 2 rings (SSSR count). The quantitative estimate of drug-likeness (QED) is 0.639. The highest BCUT2D eigenvalue weighted by atomic mass is 35.5. The van der Waals surface area contributed by atoms with Gasteiger partial charge in [0.05, 0.1) is 5.02 Å². The Morgan fingerprint density at radius 3 is 2.62 bits per heavy atom. The lowest BCUT2D eigenvalue weighted by molar-refractivity contribution is 0.886. The molecular weight excluding hydrogens is 240 g/mol.